The van der Waals surface area contributed by atoms with Crippen LogP contribution in [-0.4, -0.2) is 20.4 Å². The van der Waals surface area contributed by atoms with E-state index in [1.54, 1.807) is 7.05 Å². The SMILES string of the molecule is Cn1nc(NC2CCCC2)c(=O)n(C)c1=O. The van der Waals surface area contributed by atoms with E-state index in [4.69, 9.17) is 0 Å². The van der Waals surface area contributed by atoms with E-state index in [0.29, 0.717) is 6.04 Å². The average Bonchev–Trinajstić information content (AvgIpc) is 2.76. The molecule has 2 rings (SSSR count). The van der Waals surface area contributed by atoms with E-state index < -0.39 is 5.69 Å². The number of anilines is 1. The molecule has 1 aromatic heterocycles. The molecule has 88 valence electrons. The fraction of sp³-hybridized carbons (Fsp3) is 0.700. The molecule has 1 aromatic rings. The summed E-state index contributed by atoms with van der Waals surface area (Å²) in [6, 6.07) is 0.317. The van der Waals surface area contributed by atoms with Crippen LogP contribution in [0.3, 0.4) is 0 Å². The van der Waals surface area contributed by atoms with Crippen LogP contribution in [-0.2, 0) is 14.1 Å². The molecule has 1 fully saturated rings. The number of rotatable bonds is 2. The summed E-state index contributed by atoms with van der Waals surface area (Å²) in [5.41, 5.74) is -0.753. The van der Waals surface area contributed by atoms with Gasteiger partial charge >= 0.3 is 5.69 Å². The number of aryl methyl sites for hydroxylation is 1. The maximum absolute atomic E-state index is 11.8. The van der Waals surface area contributed by atoms with Crippen molar-refractivity contribution in [2.45, 2.75) is 31.7 Å². The number of aromatic nitrogens is 3. The van der Waals surface area contributed by atoms with Crippen LogP contribution in [0.1, 0.15) is 25.7 Å². The number of hydrogen-bond acceptors (Lipinski definition) is 4. The number of hydrogen-bond donors (Lipinski definition) is 1. The minimum absolute atomic E-state index is 0.275. The highest BCUT2D eigenvalue weighted by molar-refractivity contribution is 5.31. The number of nitrogens with one attached hydrogen (secondary N) is 1. The van der Waals surface area contributed by atoms with Gasteiger partial charge in [-0.05, 0) is 12.8 Å². The van der Waals surface area contributed by atoms with E-state index >= 15 is 0 Å². The second kappa shape index (κ2) is 4.11. The first kappa shape index (κ1) is 10.9. The summed E-state index contributed by atoms with van der Waals surface area (Å²) in [6.45, 7) is 0. The molecule has 0 radical (unpaired) electrons. The highest BCUT2D eigenvalue weighted by atomic mass is 16.2. The van der Waals surface area contributed by atoms with Crippen molar-refractivity contribution in [3.8, 4) is 0 Å². The predicted molar refractivity (Wildman–Crippen MR) is 60.6 cm³/mol. The van der Waals surface area contributed by atoms with Crippen molar-refractivity contribution >= 4 is 5.82 Å². The lowest BCUT2D eigenvalue weighted by Crippen LogP contribution is -2.40. The maximum atomic E-state index is 11.8. The Balaban J connectivity index is 2.34. The molecule has 1 aliphatic carbocycles. The third kappa shape index (κ3) is 1.87. The topological polar surface area (TPSA) is 68.9 Å². The highest BCUT2D eigenvalue weighted by Gasteiger charge is 2.17. The van der Waals surface area contributed by atoms with Gasteiger partial charge in [0.2, 0.25) is 5.82 Å². The first-order chi connectivity index (χ1) is 7.59. The van der Waals surface area contributed by atoms with E-state index in [1.165, 1.54) is 24.6 Å². The van der Waals surface area contributed by atoms with Gasteiger partial charge in [0.1, 0.15) is 0 Å². The van der Waals surface area contributed by atoms with Gasteiger partial charge in [-0.3, -0.25) is 9.36 Å². The van der Waals surface area contributed by atoms with Crippen LogP contribution in [0.4, 0.5) is 5.82 Å². The molecule has 0 aliphatic heterocycles. The molecule has 1 N–H and O–H groups in total. The van der Waals surface area contributed by atoms with Crippen LogP contribution >= 0.6 is 0 Å². The lowest BCUT2D eigenvalue weighted by Gasteiger charge is -2.12. The predicted octanol–water partition coefficient (Wildman–Crippen LogP) is -0.167. The second-order valence-corrected chi connectivity index (χ2v) is 4.24. The summed E-state index contributed by atoms with van der Waals surface area (Å²) in [5.74, 6) is 0.275. The fourth-order valence-electron chi connectivity index (χ4n) is 2.05. The molecule has 0 atom stereocenters. The lowest BCUT2D eigenvalue weighted by atomic mass is 10.2. The van der Waals surface area contributed by atoms with Gasteiger partial charge in [0, 0.05) is 20.1 Å². The van der Waals surface area contributed by atoms with E-state index in [2.05, 4.69) is 10.4 Å². The Morgan fingerprint density at radius 2 is 1.88 bits per heavy atom. The van der Waals surface area contributed by atoms with E-state index in [0.717, 1.165) is 17.4 Å². The Morgan fingerprint density at radius 1 is 1.25 bits per heavy atom. The molecule has 6 nitrogen and oxygen atoms in total. The molecule has 6 heteroatoms. The van der Waals surface area contributed by atoms with Crippen LogP contribution in [0.15, 0.2) is 9.59 Å². The van der Waals surface area contributed by atoms with E-state index in [9.17, 15) is 9.59 Å². The smallest absolute Gasteiger partial charge is 0.346 e. The quantitative estimate of drug-likeness (QED) is 0.757. The monoisotopic (exact) mass is 224 g/mol. The van der Waals surface area contributed by atoms with Crippen molar-refractivity contribution in [3.63, 3.8) is 0 Å². The van der Waals surface area contributed by atoms with Crippen LogP contribution in [0, 0.1) is 0 Å². The summed E-state index contributed by atoms with van der Waals surface area (Å²) < 4.78 is 2.25. The third-order valence-corrected chi connectivity index (χ3v) is 3.02. The van der Waals surface area contributed by atoms with Gasteiger partial charge in [-0.25, -0.2) is 9.48 Å². The lowest BCUT2D eigenvalue weighted by molar-refractivity contribution is 0.597. The summed E-state index contributed by atoms with van der Waals surface area (Å²) in [7, 11) is 3.01. The van der Waals surface area contributed by atoms with Crippen molar-refractivity contribution < 1.29 is 0 Å². The minimum Gasteiger partial charge on any atom is -0.361 e. The Bertz CT molecular complexity index is 497. The standard InChI is InChI=1S/C10H16N4O2/c1-13-9(15)8(12-14(2)10(13)16)11-7-5-3-4-6-7/h7H,3-6H2,1-2H3,(H,11,12). The minimum atomic E-state index is -0.401. The summed E-state index contributed by atoms with van der Waals surface area (Å²) in [4.78, 5) is 23.2. The van der Waals surface area contributed by atoms with Gasteiger partial charge in [0.05, 0.1) is 0 Å². The third-order valence-electron chi connectivity index (χ3n) is 3.02. The van der Waals surface area contributed by atoms with Gasteiger partial charge in [-0.15, -0.1) is 5.10 Å². The van der Waals surface area contributed by atoms with E-state index in [-0.39, 0.29) is 11.4 Å². The number of nitrogens with zero attached hydrogens (tertiary/aromatic N) is 3. The fourth-order valence-corrected chi connectivity index (χ4v) is 2.05. The van der Waals surface area contributed by atoms with Crippen LogP contribution in [0.25, 0.3) is 0 Å². The highest BCUT2D eigenvalue weighted by Crippen LogP contribution is 2.19. The zero-order valence-electron chi connectivity index (χ0n) is 9.56. The van der Waals surface area contributed by atoms with Crippen molar-refractivity contribution in [2.24, 2.45) is 14.1 Å². The molecule has 16 heavy (non-hydrogen) atoms. The molecular weight excluding hydrogens is 208 g/mol. The van der Waals surface area contributed by atoms with Crippen LogP contribution < -0.4 is 16.6 Å². The molecule has 0 spiro atoms. The summed E-state index contributed by atoms with van der Waals surface area (Å²) in [5, 5.41) is 7.07. The normalized spacial score (nSPS) is 16.6. The Hall–Kier alpha value is -1.59. The first-order valence-corrected chi connectivity index (χ1v) is 5.50. The van der Waals surface area contributed by atoms with Crippen molar-refractivity contribution in [2.75, 3.05) is 5.32 Å². The first-order valence-electron chi connectivity index (χ1n) is 5.50. The summed E-state index contributed by atoms with van der Waals surface area (Å²) >= 11 is 0. The molecule has 0 bridgehead atoms. The molecule has 1 saturated carbocycles. The largest absolute Gasteiger partial charge is 0.361 e. The van der Waals surface area contributed by atoms with E-state index in [1.807, 2.05) is 0 Å². The molecule has 0 amide bonds. The Kier molecular flexibility index (Phi) is 2.80. The summed E-state index contributed by atoms with van der Waals surface area (Å²) in [6.07, 6.45) is 4.49. The van der Waals surface area contributed by atoms with Crippen LogP contribution in [0.2, 0.25) is 0 Å². The molecule has 0 aromatic carbocycles. The van der Waals surface area contributed by atoms with Gasteiger partial charge in [0.15, 0.2) is 0 Å². The van der Waals surface area contributed by atoms with Crippen LogP contribution in [0.5, 0.6) is 0 Å². The Morgan fingerprint density at radius 3 is 2.50 bits per heavy atom. The molecule has 1 heterocycles. The molecule has 0 saturated heterocycles. The Labute approximate surface area is 92.9 Å². The second-order valence-electron chi connectivity index (χ2n) is 4.24. The van der Waals surface area contributed by atoms with Gasteiger partial charge in [-0.2, -0.15) is 0 Å². The molecule has 0 unspecified atom stereocenters. The van der Waals surface area contributed by atoms with Gasteiger partial charge in [-0.1, -0.05) is 12.8 Å². The van der Waals surface area contributed by atoms with Gasteiger partial charge in [0.25, 0.3) is 5.56 Å². The van der Waals surface area contributed by atoms with Crippen molar-refractivity contribution in [1.82, 2.24) is 14.3 Å². The average molecular weight is 224 g/mol. The molecule has 1 aliphatic rings. The van der Waals surface area contributed by atoms with Gasteiger partial charge < -0.3 is 5.32 Å². The maximum Gasteiger partial charge on any atom is 0.346 e. The van der Waals surface area contributed by atoms with Crippen molar-refractivity contribution in [1.29, 1.82) is 0 Å². The van der Waals surface area contributed by atoms with Crippen molar-refractivity contribution in [3.05, 3.63) is 20.8 Å². The molecular formula is C10H16N4O2. The zero-order chi connectivity index (χ0) is 11.7. The zero-order valence-corrected chi connectivity index (χ0v) is 9.56.